The van der Waals surface area contributed by atoms with Crippen molar-refractivity contribution in [2.45, 2.75) is 19.3 Å². The molecule has 1 aromatic rings. The molecule has 0 heterocycles. The van der Waals surface area contributed by atoms with E-state index in [0.29, 0.717) is 19.4 Å². The summed E-state index contributed by atoms with van der Waals surface area (Å²) >= 11 is 0. The van der Waals surface area contributed by atoms with Crippen molar-refractivity contribution in [3.63, 3.8) is 0 Å². The van der Waals surface area contributed by atoms with Crippen molar-refractivity contribution in [1.29, 1.82) is 0 Å². The molecule has 1 rings (SSSR count). The van der Waals surface area contributed by atoms with E-state index in [0.717, 1.165) is 5.56 Å². The normalized spacial score (nSPS) is 10.2. The summed E-state index contributed by atoms with van der Waals surface area (Å²) in [7, 11) is 1.33. The summed E-state index contributed by atoms with van der Waals surface area (Å²) in [5, 5.41) is 0. The van der Waals surface area contributed by atoms with Crippen LogP contribution < -0.4 is 10.5 Å². The number of para-hydroxylation sites is 1. The van der Waals surface area contributed by atoms with E-state index in [1.807, 2.05) is 0 Å². The monoisotopic (exact) mass is 255 g/mol. The summed E-state index contributed by atoms with van der Waals surface area (Å²) in [6.07, 6.45) is 1.31. The summed E-state index contributed by atoms with van der Waals surface area (Å²) in [5.74, 6) is -0.471. The lowest BCUT2D eigenvalue weighted by Gasteiger charge is -2.11. The van der Waals surface area contributed by atoms with Crippen molar-refractivity contribution in [3.05, 3.63) is 29.6 Å². The van der Waals surface area contributed by atoms with Crippen LogP contribution in [0.3, 0.4) is 0 Å². The maximum atomic E-state index is 13.6. The van der Waals surface area contributed by atoms with Crippen LogP contribution in [0.1, 0.15) is 18.4 Å². The molecule has 0 fully saturated rings. The number of carbonyl (C=O) groups is 1. The molecular weight excluding hydrogens is 237 g/mol. The van der Waals surface area contributed by atoms with Gasteiger partial charge in [0.1, 0.15) is 0 Å². The highest BCUT2D eigenvalue weighted by atomic mass is 19.1. The second-order valence-corrected chi connectivity index (χ2v) is 3.79. The molecule has 2 N–H and O–H groups in total. The lowest BCUT2D eigenvalue weighted by Crippen LogP contribution is -2.09. The number of ether oxygens (including phenoxy) is 2. The highest BCUT2D eigenvalue weighted by molar-refractivity contribution is 5.69. The van der Waals surface area contributed by atoms with Gasteiger partial charge >= 0.3 is 5.97 Å². The molecule has 0 aromatic heterocycles. The fourth-order valence-corrected chi connectivity index (χ4v) is 1.56. The van der Waals surface area contributed by atoms with E-state index in [2.05, 4.69) is 4.74 Å². The van der Waals surface area contributed by atoms with E-state index in [1.54, 1.807) is 12.1 Å². The van der Waals surface area contributed by atoms with E-state index in [4.69, 9.17) is 10.5 Å². The molecule has 100 valence electrons. The van der Waals surface area contributed by atoms with Gasteiger partial charge in [-0.15, -0.1) is 0 Å². The Bertz CT molecular complexity index is 396. The number of rotatable bonds is 7. The van der Waals surface area contributed by atoms with Gasteiger partial charge in [-0.3, -0.25) is 4.79 Å². The molecule has 0 bridgehead atoms. The minimum absolute atomic E-state index is 0.229. The first-order valence-corrected chi connectivity index (χ1v) is 5.86. The predicted molar refractivity (Wildman–Crippen MR) is 65.9 cm³/mol. The van der Waals surface area contributed by atoms with Crippen LogP contribution in [0.5, 0.6) is 5.75 Å². The Kier molecular flexibility index (Phi) is 6.14. The van der Waals surface area contributed by atoms with Crippen molar-refractivity contribution >= 4 is 5.97 Å². The first kappa shape index (κ1) is 14.4. The molecule has 18 heavy (non-hydrogen) atoms. The molecule has 4 nitrogen and oxygen atoms in total. The number of methoxy groups -OCH3 is 1. The van der Waals surface area contributed by atoms with Gasteiger partial charge in [-0.25, -0.2) is 4.39 Å². The Hall–Kier alpha value is -1.62. The van der Waals surface area contributed by atoms with Crippen LogP contribution in [0.4, 0.5) is 4.39 Å². The maximum absolute atomic E-state index is 13.6. The predicted octanol–water partition coefficient (Wildman–Crippen LogP) is 1.66. The summed E-state index contributed by atoms with van der Waals surface area (Å²) in [6, 6.07) is 4.75. The number of carbonyl (C=O) groups excluding carboxylic acids is 1. The zero-order valence-corrected chi connectivity index (χ0v) is 10.4. The Morgan fingerprint density at radius 3 is 2.89 bits per heavy atom. The molecule has 0 saturated carbocycles. The third-order valence-corrected chi connectivity index (χ3v) is 2.46. The Morgan fingerprint density at radius 1 is 1.44 bits per heavy atom. The van der Waals surface area contributed by atoms with Gasteiger partial charge in [-0.1, -0.05) is 12.1 Å². The number of hydrogen-bond donors (Lipinski definition) is 1. The number of hydrogen-bond acceptors (Lipinski definition) is 4. The molecule has 0 atom stereocenters. The first-order chi connectivity index (χ1) is 8.69. The van der Waals surface area contributed by atoms with Gasteiger partial charge in [0.05, 0.1) is 13.7 Å². The minimum Gasteiger partial charge on any atom is -0.490 e. The number of benzene rings is 1. The molecule has 1 aromatic carbocycles. The van der Waals surface area contributed by atoms with Crippen LogP contribution in [0.15, 0.2) is 18.2 Å². The smallest absolute Gasteiger partial charge is 0.305 e. The molecule has 0 aliphatic rings. The SMILES string of the molecule is COC(=O)CCCOc1c(F)cccc1CCN. The summed E-state index contributed by atoms with van der Waals surface area (Å²) in [4.78, 5) is 10.9. The van der Waals surface area contributed by atoms with Gasteiger partial charge in [0.15, 0.2) is 11.6 Å². The van der Waals surface area contributed by atoms with Gasteiger partial charge in [-0.05, 0) is 31.0 Å². The van der Waals surface area contributed by atoms with Gasteiger partial charge < -0.3 is 15.2 Å². The van der Waals surface area contributed by atoms with E-state index >= 15 is 0 Å². The second-order valence-electron chi connectivity index (χ2n) is 3.79. The third kappa shape index (κ3) is 4.33. The molecule has 0 spiro atoms. The van der Waals surface area contributed by atoms with Crippen LogP contribution in [0.2, 0.25) is 0 Å². The van der Waals surface area contributed by atoms with Crippen LogP contribution in [-0.4, -0.2) is 26.2 Å². The molecule has 0 radical (unpaired) electrons. The van der Waals surface area contributed by atoms with Crippen LogP contribution in [-0.2, 0) is 16.0 Å². The van der Waals surface area contributed by atoms with Crippen molar-refractivity contribution in [2.75, 3.05) is 20.3 Å². The Morgan fingerprint density at radius 2 is 2.22 bits per heavy atom. The topological polar surface area (TPSA) is 61.5 Å². The van der Waals surface area contributed by atoms with Gasteiger partial charge in [0.25, 0.3) is 0 Å². The van der Waals surface area contributed by atoms with Gasteiger partial charge in [0, 0.05) is 6.42 Å². The van der Waals surface area contributed by atoms with Crippen LogP contribution >= 0.6 is 0 Å². The van der Waals surface area contributed by atoms with E-state index in [9.17, 15) is 9.18 Å². The van der Waals surface area contributed by atoms with Crippen molar-refractivity contribution < 1.29 is 18.7 Å². The van der Waals surface area contributed by atoms with Crippen molar-refractivity contribution in [1.82, 2.24) is 0 Å². The highest BCUT2D eigenvalue weighted by Gasteiger charge is 2.09. The molecule has 0 aliphatic carbocycles. The quantitative estimate of drug-likeness (QED) is 0.594. The highest BCUT2D eigenvalue weighted by Crippen LogP contribution is 2.23. The lowest BCUT2D eigenvalue weighted by atomic mass is 10.1. The van der Waals surface area contributed by atoms with Gasteiger partial charge in [0.2, 0.25) is 0 Å². The first-order valence-electron chi connectivity index (χ1n) is 5.86. The maximum Gasteiger partial charge on any atom is 0.305 e. The molecule has 0 aliphatic heterocycles. The number of nitrogens with two attached hydrogens (primary N) is 1. The molecular formula is C13H18FNO3. The van der Waals surface area contributed by atoms with E-state index in [-0.39, 0.29) is 24.7 Å². The molecule has 5 heteroatoms. The average Bonchev–Trinajstić information content (AvgIpc) is 2.37. The Labute approximate surface area is 106 Å². The largest absolute Gasteiger partial charge is 0.490 e. The average molecular weight is 255 g/mol. The van der Waals surface area contributed by atoms with Crippen molar-refractivity contribution in [3.8, 4) is 5.75 Å². The Balaban J connectivity index is 2.52. The summed E-state index contributed by atoms with van der Waals surface area (Å²) in [5.41, 5.74) is 6.20. The number of esters is 1. The van der Waals surface area contributed by atoms with Crippen LogP contribution in [0, 0.1) is 5.82 Å². The fraction of sp³-hybridized carbons (Fsp3) is 0.462. The number of halogens is 1. The second kappa shape index (κ2) is 7.66. The zero-order chi connectivity index (χ0) is 13.4. The molecule has 0 saturated heterocycles. The molecule has 0 amide bonds. The standard InChI is InChI=1S/C13H18FNO3/c1-17-12(16)6-3-9-18-13-10(7-8-15)4-2-5-11(13)14/h2,4-5H,3,6-9,15H2,1H3. The van der Waals surface area contributed by atoms with E-state index < -0.39 is 5.82 Å². The van der Waals surface area contributed by atoms with Crippen molar-refractivity contribution in [2.24, 2.45) is 5.73 Å². The fourth-order valence-electron chi connectivity index (χ4n) is 1.56. The van der Waals surface area contributed by atoms with Crippen LogP contribution in [0.25, 0.3) is 0 Å². The van der Waals surface area contributed by atoms with Gasteiger partial charge in [-0.2, -0.15) is 0 Å². The lowest BCUT2D eigenvalue weighted by molar-refractivity contribution is -0.140. The minimum atomic E-state index is -0.404. The molecule has 0 unspecified atom stereocenters. The zero-order valence-electron chi connectivity index (χ0n) is 10.4. The summed E-state index contributed by atoms with van der Waals surface area (Å²) in [6.45, 7) is 0.704. The van der Waals surface area contributed by atoms with E-state index in [1.165, 1.54) is 13.2 Å². The summed E-state index contributed by atoms with van der Waals surface area (Å²) < 4.78 is 23.4. The third-order valence-electron chi connectivity index (χ3n) is 2.46.